The molecule has 4 unspecified atom stereocenters. The van der Waals surface area contributed by atoms with Gasteiger partial charge in [0.2, 0.25) is 17.7 Å². The molecule has 13 nitrogen and oxygen atoms in total. The lowest BCUT2D eigenvalue weighted by Crippen LogP contribution is -2.58. The molecule has 228 valence electrons. The van der Waals surface area contributed by atoms with Crippen molar-refractivity contribution in [1.82, 2.24) is 30.9 Å². The molecule has 0 radical (unpaired) electrons. The Labute approximate surface area is 244 Å². The maximum Gasteiger partial charge on any atom is 0.326 e. The van der Waals surface area contributed by atoms with Gasteiger partial charge in [-0.1, -0.05) is 38.5 Å². The van der Waals surface area contributed by atoms with E-state index in [0.717, 1.165) is 22.9 Å². The number of nitrogens with two attached hydrogens (primary N) is 2. The molecular formula is C29H42N8O5. The Bertz CT molecular complexity index is 1320. The number of nitrogens with one attached hydrogen (secondary N) is 5. The van der Waals surface area contributed by atoms with Gasteiger partial charge in [-0.3, -0.25) is 14.4 Å². The standard InChI is InChI=1S/C29H42N8O5/c1-17(2)11-23(35-26(38)21(31)8-5-6-10-30)27(39)36-24(13-19-15-32-16-34-19)28(40)37-25(29(41)42)12-18-14-33-22-9-4-3-7-20(18)22/h3-4,7,9,14-17,21,23-25,33H,5-6,8,10-13,30-31H2,1-2H3,(H,32,34)(H,35,38)(H,36,39)(H,37,40)(H,41,42). The molecule has 0 bridgehead atoms. The first-order chi connectivity index (χ1) is 20.1. The number of rotatable bonds is 17. The Morgan fingerprint density at radius 1 is 0.929 bits per heavy atom. The van der Waals surface area contributed by atoms with Crippen molar-refractivity contribution in [1.29, 1.82) is 0 Å². The van der Waals surface area contributed by atoms with Gasteiger partial charge in [0, 0.05) is 41.8 Å². The van der Waals surface area contributed by atoms with Crippen molar-refractivity contribution in [3.05, 3.63) is 54.2 Å². The third kappa shape index (κ3) is 9.42. The molecule has 10 N–H and O–H groups in total. The Morgan fingerprint density at radius 3 is 2.29 bits per heavy atom. The average Bonchev–Trinajstić information content (AvgIpc) is 3.61. The van der Waals surface area contributed by atoms with Gasteiger partial charge in [0.15, 0.2) is 0 Å². The summed E-state index contributed by atoms with van der Waals surface area (Å²) in [6, 6.07) is 3.32. The molecule has 3 aromatic rings. The molecule has 0 spiro atoms. The smallest absolute Gasteiger partial charge is 0.326 e. The fourth-order valence-electron chi connectivity index (χ4n) is 4.71. The van der Waals surface area contributed by atoms with Gasteiger partial charge >= 0.3 is 5.97 Å². The third-order valence-corrected chi connectivity index (χ3v) is 6.97. The van der Waals surface area contributed by atoms with E-state index in [1.54, 1.807) is 6.20 Å². The highest BCUT2D eigenvalue weighted by Gasteiger charge is 2.31. The lowest BCUT2D eigenvalue weighted by Gasteiger charge is -2.26. The molecule has 0 aliphatic rings. The van der Waals surface area contributed by atoms with Gasteiger partial charge < -0.3 is 42.5 Å². The molecule has 42 heavy (non-hydrogen) atoms. The number of imidazole rings is 1. The Hall–Kier alpha value is -4.23. The van der Waals surface area contributed by atoms with Crippen molar-refractivity contribution in [2.24, 2.45) is 17.4 Å². The zero-order valence-electron chi connectivity index (χ0n) is 24.1. The van der Waals surface area contributed by atoms with Crippen molar-refractivity contribution in [3.8, 4) is 0 Å². The number of H-pyrrole nitrogens is 2. The first-order valence-corrected chi connectivity index (χ1v) is 14.2. The first-order valence-electron chi connectivity index (χ1n) is 14.2. The predicted octanol–water partition coefficient (Wildman–Crippen LogP) is 0.718. The van der Waals surface area contributed by atoms with E-state index in [9.17, 15) is 24.3 Å². The molecule has 2 aromatic heterocycles. The molecule has 4 atom stereocenters. The van der Waals surface area contributed by atoms with Crippen LogP contribution in [0.3, 0.4) is 0 Å². The summed E-state index contributed by atoms with van der Waals surface area (Å²) in [6.45, 7) is 4.31. The van der Waals surface area contributed by atoms with Gasteiger partial charge in [-0.05, 0) is 43.4 Å². The van der Waals surface area contributed by atoms with Crippen LogP contribution in [-0.4, -0.2) is 74.5 Å². The van der Waals surface area contributed by atoms with E-state index >= 15 is 0 Å². The fraction of sp³-hybridized carbons (Fsp3) is 0.483. The largest absolute Gasteiger partial charge is 0.480 e. The van der Waals surface area contributed by atoms with Gasteiger partial charge in [-0.15, -0.1) is 0 Å². The number of carboxylic acid groups (broad SMARTS) is 1. The van der Waals surface area contributed by atoms with Crippen LogP contribution in [0.25, 0.3) is 10.9 Å². The van der Waals surface area contributed by atoms with Crippen molar-refractivity contribution < 1.29 is 24.3 Å². The molecule has 3 amide bonds. The maximum atomic E-state index is 13.5. The topological polar surface area (TPSA) is 221 Å². The SMILES string of the molecule is CC(C)CC(NC(=O)C(N)CCCCN)C(=O)NC(Cc1cnc[nH]1)C(=O)NC(Cc1c[nH]c2ccccc12)C(=O)O. The second-order valence-electron chi connectivity index (χ2n) is 10.9. The van der Waals surface area contributed by atoms with Crippen LogP contribution in [0.1, 0.15) is 50.8 Å². The summed E-state index contributed by atoms with van der Waals surface area (Å²) >= 11 is 0. The van der Waals surface area contributed by atoms with Crippen LogP contribution in [0.2, 0.25) is 0 Å². The molecular weight excluding hydrogens is 540 g/mol. The summed E-state index contributed by atoms with van der Waals surface area (Å²) < 4.78 is 0. The highest BCUT2D eigenvalue weighted by atomic mass is 16.4. The molecule has 3 rings (SSSR count). The molecule has 0 aliphatic carbocycles. The monoisotopic (exact) mass is 582 g/mol. The quantitative estimate of drug-likeness (QED) is 0.106. The second-order valence-corrected chi connectivity index (χ2v) is 10.9. The van der Waals surface area contributed by atoms with Crippen molar-refractivity contribution >= 4 is 34.6 Å². The van der Waals surface area contributed by atoms with Crippen LogP contribution >= 0.6 is 0 Å². The average molecular weight is 583 g/mol. The minimum atomic E-state index is -1.25. The number of aliphatic carboxylic acids is 1. The number of carbonyl (C=O) groups is 4. The van der Waals surface area contributed by atoms with Gasteiger partial charge in [0.25, 0.3) is 0 Å². The molecule has 0 fully saturated rings. The van der Waals surface area contributed by atoms with Gasteiger partial charge in [0.1, 0.15) is 18.1 Å². The molecule has 1 aromatic carbocycles. The number of aromatic amines is 2. The van der Waals surface area contributed by atoms with E-state index in [2.05, 4.69) is 30.9 Å². The Kier molecular flexibility index (Phi) is 12.1. The lowest BCUT2D eigenvalue weighted by atomic mass is 10.0. The number of carbonyl (C=O) groups excluding carboxylic acids is 3. The normalized spacial score (nSPS) is 14.2. The minimum absolute atomic E-state index is 0.0257. The van der Waals surface area contributed by atoms with Crippen LogP contribution in [0, 0.1) is 5.92 Å². The number of amides is 3. The number of nitrogens with zero attached hydrogens (tertiary/aromatic N) is 1. The van der Waals surface area contributed by atoms with E-state index < -0.39 is 47.9 Å². The summed E-state index contributed by atoms with van der Waals surface area (Å²) in [5.74, 6) is -2.89. The van der Waals surface area contributed by atoms with E-state index in [1.807, 2.05) is 38.1 Å². The minimum Gasteiger partial charge on any atom is -0.480 e. The van der Waals surface area contributed by atoms with Gasteiger partial charge in [0.05, 0.1) is 12.4 Å². The molecule has 0 saturated carbocycles. The third-order valence-electron chi connectivity index (χ3n) is 6.97. The zero-order valence-corrected chi connectivity index (χ0v) is 24.1. The molecule has 0 saturated heterocycles. The number of fused-ring (bicyclic) bond motifs is 1. The van der Waals surface area contributed by atoms with Crippen molar-refractivity contribution in [2.45, 2.75) is 76.5 Å². The lowest BCUT2D eigenvalue weighted by molar-refractivity contribution is -0.142. The highest BCUT2D eigenvalue weighted by Crippen LogP contribution is 2.19. The number of hydrogen-bond donors (Lipinski definition) is 8. The summed E-state index contributed by atoms with van der Waals surface area (Å²) in [7, 11) is 0. The number of benzene rings is 1. The summed E-state index contributed by atoms with van der Waals surface area (Å²) in [5, 5.41) is 18.8. The van der Waals surface area contributed by atoms with Crippen molar-refractivity contribution in [2.75, 3.05) is 6.54 Å². The summed E-state index contributed by atoms with van der Waals surface area (Å²) in [5.41, 5.74) is 13.7. The summed E-state index contributed by atoms with van der Waals surface area (Å²) in [6.07, 6.45) is 6.89. The second kappa shape index (κ2) is 15.7. The number of aromatic nitrogens is 3. The van der Waals surface area contributed by atoms with Crippen LogP contribution < -0.4 is 27.4 Å². The van der Waals surface area contributed by atoms with E-state index in [0.29, 0.717) is 31.5 Å². The highest BCUT2D eigenvalue weighted by molar-refractivity contribution is 5.94. The van der Waals surface area contributed by atoms with E-state index in [-0.39, 0.29) is 18.8 Å². The Morgan fingerprint density at radius 2 is 1.62 bits per heavy atom. The molecule has 2 heterocycles. The molecule has 0 aliphatic heterocycles. The van der Waals surface area contributed by atoms with Gasteiger partial charge in [-0.25, -0.2) is 9.78 Å². The van der Waals surface area contributed by atoms with Crippen LogP contribution in [0.4, 0.5) is 0 Å². The van der Waals surface area contributed by atoms with Gasteiger partial charge in [-0.2, -0.15) is 0 Å². The van der Waals surface area contributed by atoms with Crippen LogP contribution in [0.5, 0.6) is 0 Å². The number of carboxylic acids is 1. The Balaban J connectivity index is 1.75. The zero-order chi connectivity index (χ0) is 30.6. The number of para-hydroxylation sites is 1. The van der Waals surface area contributed by atoms with Crippen molar-refractivity contribution in [3.63, 3.8) is 0 Å². The van der Waals surface area contributed by atoms with Crippen LogP contribution in [0.15, 0.2) is 43.0 Å². The molecule has 13 heteroatoms. The van der Waals surface area contributed by atoms with E-state index in [4.69, 9.17) is 11.5 Å². The maximum absolute atomic E-state index is 13.5. The summed E-state index contributed by atoms with van der Waals surface area (Å²) in [4.78, 5) is 61.9. The van der Waals surface area contributed by atoms with Crippen LogP contribution in [-0.2, 0) is 32.0 Å². The van der Waals surface area contributed by atoms with E-state index in [1.165, 1.54) is 12.5 Å². The number of hydrogen-bond acceptors (Lipinski definition) is 7. The predicted molar refractivity (Wildman–Crippen MR) is 158 cm³/mol. The number of unbranched alkanes of at least 4 members (excludes halogenated alkanes) is 1. The first kappa shape index (κ1) is 32.3. The fourth-order valence-corrected chi connectivity index (χ4v) is 4.71.